The predicted octanol–water partition coefficient (Wildman–Crippen LogP) is 9.83. The zero-order chi connectivity index (χ0) is 43.9. The summed E-state index contributed by atoms with van der Waals surface area (Å²) in [5, 5.41) is 3.75. The zero-order valence-electron chi connectivity index (χ0n) is 35.4. The van der Waals surface area contributed by atoms with Crippen molar-refractivity contribution in [3.63, 3.8) is 0 Å². The lowest BCUT2D eigenvalue weighted by Crippen LogP contribution is -2.36. The van der Waals surface area contributed by atoms with Gasteiger partial charge in [0, 0.05) is 46.1 Å². The lowest BCUT2D eigenvalue weighted by Gasteiger charge is -2.36. The Bertz CT molecular complexity index is 2900. The molecule has 316 valence electrons. The molecule has 0 saturated carbocycles. The summed E-state index contributed by atoms with van der Waals surface area (Å²) < 4.78 is 76.8. The molecule has 3 aliphatic rings. The van der Waals surface area contributed by atoms with E-state index in [0.29, 0.717) is 41.7 Å². The van der Waals surface area contributed by atoms with Gasteiger partial charge in [0.1, 0.15) is 16.7 Å². The van der Waals surface area contributed by atoms with Crippen molar-refractivity contribution in [1.82, 2.24) is 0 Å². The van der Waals surface area contributed by atoms with Crippen LogP contribution in [0.4, 0.5) is 11.4 Å². The van der Waals surface area contributed by atoms with Gasteiger partial charge in [-0.2, -0.15) is 13.0 Å². The van der Waals surface area contributed by atoms with Gasteiger partial charge < -0.3 is 14.2 Å². The number of allylic oxidation sites excluding steroid dienone is 8. The largest absolute Gasteiger partial charge is 0.744 e. The lowest BCUT2D eigenvalue weighted by molar-refractivity contribution is -0.433. The van der Waals surface area contributed by atoms with Crippen LogP contribution in [0.3, 0.4) is 0 Å². The number of methoxy groups -OCH3 is 1. The molecule has 1 unspecified atom stereocenters. The molecule has 0 spiro atoms. The van der Waals surface area contributed by atoms with E-state index in [0.717, 1.165) is 55.8 Å². The minimum atomic E-state index is -4.62. The minimum Gasteiger partial charge on any atom is -0.744 e. The van der Waals surface area contributed by atoms with Crippen molar-refractivity contribution in [3.05, 3.63) is 118 Å². The molecular formula is C47H51ClN2O8S2. The quantitative estimate of drug-likeness (QED) is 0.0988. The Balaban J connectivity index is 1.32. The highest BCUT2D eigenvalue weighted by Crippen LogP contribution is 2.52. The van der Waals surface area contributed by atoms with Crippen LogP contribution in [-0.4, -0.2) is 62.4 Å². The molecule has 0 bridgehead atoms. The summed E-state index contributed by atoms with van der Waals surface area (Å²) in [6.45, 7) is 17.9. The molecular weight excluding hydrogens is 820 g/mol. The summed E-state index contributed by atoms with van der Waals surface area (Å²) in [4.78, 5) is 15.1. The van der Waals surface area contributed by atoms with Gasteiger partial charge in [0.15, 0.2) is 5.71 Å². The van der Waals surface area contributed by atoms with Gasteiger partial charge in [-0.25, -0.2) is 8.42 Å². The topological polar surface area (TPSA) is 144 Å². The highest BCUT2D eigenvalue weighted by atomic mass is 35.5. The maximum atomic E-state index is 13.3. The number of anilines is 1. The average Bonchev–Trinajstić information content (AvgIpc) is 3.56. The van der Waals surface area contributed by atoms with Crippen molar-refractivity contribution in [1.29, 1.82) is 0 Å². The maximum Gasteiger partial charge on any atom is 0.311 e. The average molecular weight is 872 g/mol. The van der Waals surface area contributed by atoms with Gasteiger partial charge in [0.25, 0.3) is 10.1 Å². The number of hydrogen-bond donors (Lipinski definition) is 1. The molecule has 4 aromatic rings. The summed E-state index contributed by atoms with van der Waals surface area (Å²) in [6, 6.07) is 16.9. The molecule has 10 nitrogen and oxygen atoms in total. The Labute approximate surface area is 358 Å². The molecule has 2 aliphatic heterocycles. The van der Waals surface area contributed by atoms with Crippen molar-refractivity contribution < 1.29 is 40.0 Å². The SMILES string of the molecule is CCN1/C(=C\C=C2/CC(C(C)(C)C(=O)OC)CC(/C=C/C3=[N+](CC)c4ccc5cc(S(=O)(=O)O)ccc5c4C3(C)C)=C2Cl)C(C)(C)c2c1ccc1cc(S(=O)(=O)[O-])ccc21. The first-order chi connectivity index (χ1) is 28.0. The van der Waals surface area contributed by atoms with Crippen molar-refractivity contribution in [3.8, 4) is 0 Å². The van der Waals surface area contributed by atoms with Gasteiger partial charge in [-0.3, -0.25) is 9.35 Å². The van der Waals surface area contributed by atoms with E-state index in [9.17, 15) is 30.7 Å². The number of esters is 1. The van der Waals surface area contributed by atoms with E-state index in [1.165, 1.54) is 31.4 Å². The van der Waals surface area contributed by atoms with Crippen LogP contribution in [0.25, 0.3) is 21.5 Å². The Kier molecular flexibility index (Phi) is 10.9. The molecule has 0 aromatic heterocycles. The summed E-state index contributed by atoms with van der Waals surface area (Å²) in [5.41, 5.74) is 6.05. The summed E-state index contributed by atoms with van der Waals surface area (Å²) in [6.07, 6.45) is 9.38. The second-order valence-corrected chi connectivity index (χ2v) is 20.7. The predicted molar refractivity (Wildman–Crippen MR) is 237 cm³/mol. The fourth-order valence-corrected chi connectivity index (χ4v) is 11.0. The van der Waals surface area contributed by atoms with Crippen molar-refractivity contribution in [2.75, 3.05) is 25.1 Å². The van der Waals surface area contributed by atoms with E-state index < -0.39 is 36.5 Å². The van der Waals surface area contributed by atoms with E-state index in [2.05, 4.69) is 75.3 Å². The molecule has 1 N–H and O–H groups in total. The molecule has 1 atom stereocenters. The number of benzene rings is 4. The van der Waals surface area contributed by atoms with Crippen LogP contribution in [0.1, 0.15) is 79.4 Å². The van der Waals surface area contributed by atoms with Gasteiger partial charge in [0.2, 0.25) is 5.69 Å². The van der Waals surface area contributed by atoms with Crippen molar-refractivity contribution in [2.24, 2.45) is 11.3 Å². The van der Waals surface area contributed by atoms with Crippen LogP contribution >= 0.6 is 11.6 Å². The fourth-order valence-electron chi connectivity index (χ4n) is 9.71. The highest BCUT2D eigenvalue weighted by Gasteiger charge is 2.46. The molecule has 4 aromatic carbocycles. The maximum absolute atomic E-state index is 13.3. The number of hydrogen-bond acceptors (Lipinski definition) is 8. The third-order valence-electron chi connectivity index (χ3n) is 13.0. The van der Waals surface area contributed by atoms with Crippen LogP contribution in [0.2, 0.25) is 0 Å². The molecule has 0 amide bonds. The second kappa shape index (κ2) is 15.1. The van der Waals surface area contributed by atoms with E-state index in [4.69, 9.17) is 16.3 Å². The number of rotatable bonds is 9. The first-order valence-corrected chi connectivity index (χ1v) is 23.3. The molecule has 7 rings (SSSR count). The van der Waals surface area contributed by atoms with Crippen LogP contribution in [0.15, 0.2) is 117 Å². The number of carbonyl (C=O) groups excluding carboxylic acids is 1. The van der Waals surface area contributed by atoms with Gasteiger partial charge in [-0.15, -0.1) is 0 Å². The van der Waals surface area contributed by atoms with Gasteiger partial charge >= 0.3 is 5.97 Å². The second-order valence-electron chi connectivity index (χ2n) is 17.5. The number of carbonyl (C=O) groups is 1. The molecule has 2 heterocycles. The number of ether oxygens (including phenoxy) is 1. The molecule has 13 heteroatoms. The summed E-state index contributed by atoms with van der Waals surface area (Å²) >= 11 is 7.40. The number of halogens is 1. The molecule has 1 aliphatic carbocycles. The van der Waals surface area contributed by atoms with Crippen LogP contribution in [-0.2, 0) is 40.6 Å². The molecule has 60 heavy (non-hydrogen) atoms. The van der Waals surface area contributed by atoms with Crippen molar-refractivity contribution in [2.45, 2.75) is 88.9 Å². The lowest BCUT2D eigenvalue weighted by atomic mass is 9.69. The van der Waals surface area contributed by atoms with Crippen LogP contribution < -0.4 is 4.90 Å². The van der Waals surface area contributed by atoms with E-state index >= 15 is 0 Å². The third-order valence-corrected chi connectivity index (χ3v) is 15.1. The van der Waals surface area contributed by atoms with Gasteiger partial charge in [-0.05, 0) is 141 Å². The summed E-state index contributed by atoms with van der Waals surface area (Å²) in [7, 11) is -7.58. The summed E-state index contributed by atoms with van der Waals surface area (Å²) in [5.74, 6) is -0.455. The van der Waals surface area contributed by atoms with Gasteiger partial charge in [-0.1, -0.05) is 55.8 Å². The zero-order valence-corrected chi connectivity index (χ0v) is 37.8. The third kappa shape index (κ3) is 7.13. The molecule has 0 fully saturated rings. The van der Waals surface area contributed by atoms with Crippen LogP contribution in [0.5, 0.6) is 0 Å². The Morgan fingerprint density at radius 1 is 0.900 bits per heavy atom. The van der Waals surface area contributed by atoms with E-state index in [1.54, 1.807) is 12.1 Å². The first-order valence-electron chi connectivity index (χ1n) is 20.1. The van der Waals surface area contributed by atoms with Gasteiger partial charge in [0.05, 0.1) is 27.7 Å². The van der Waals surface area contributed by atoms with Crippen molar-refractivity contribution >= 4 is 76.4 Å². The van der Waals surface area contributed by atoms with Crippen LogP contribution in [0, 0.1) is 11.3 Å². The Morgan fingerprint density at radius 2 is 1.52 bits per heavy atom. The monoisotopic (exact) mass is 870 g/mol. The highest BCUT2D eigenvalue weighted by molar-refractivity contribution is 7.86. The molecule has 0 saturated heterocycles. The standard InChI is InChI=1S/C47H51ClN2O8S2/c1-10-49-37-20-12-28-26-33(59(52,53)54)16-18-35(28)41(37)46(5,6)39(49)22-14-30-24-32(45(3,4)44(51)58-9)25-31(43(30)48)15-23-40-47(7,8)42-36-19-17-34(60(55,56)57)27-29(36)13-21-38(42)50(40)11-2/h12-23,26-27,32H,10-11,24-25H2,1-9H3,(H-,52,53,54,55,56,57). The fraction of sp³-hybridized carbons (Fsp3) is 0.362. The number of fused-ring (bicyclic) bond motifs is 6. The Morgan fingerprint density at radius 3 is 2.12 bits per heavy atom. The Hall–Kier alpha value is -4.59. The van der Waals surface area contributed by atoms with E-state index in [-0.39, 0.29) is 21.7 Å². The minimum absolute atomic E-state index is 0.148. The normalized spacial score (nSPS) is 20.6. The first kappa shape index (κ1) is 43.5. The number of likely N-dealkylation sites (N-methyl/N-ethyl adjacent to an activating group) is 1. The van der Waals surface area contributed by atoms with E-state index in [1.807, 2.05) is 38.1 Å². The molecule has 0 radical (unpaired) electrons. The number of nitrogens with zero attached hydrogens (tertiary/aromatic N) is 2. The smallest absolute Gasteiger partial charge is 0.311 e.